The van der Waals surface area contributed by atoms with Crippen LogP contribution in [0.15, 0.2) is 6.07 Å². The molecule has 0 aromatic carbocycles. The van der Waals surface area contributed by atoms with Crippen molar-refractivity contribution < 1.29 is 64.6 Å². The smallest absolute Gasteiger partial charge is 0.435 e. The Morgan fingerprint density at radius 1 is 1.46 bits per heavy atom. The summed E-state index contributed by atoms with van der Waals surface area (Å²) < 4.78 is 36.2. The molecule has 13 heavy (non-hydrogen) atoms. The topological polar surface area (TPSA) is 38.9 Å². The molecule has 0 fully saturated rings. The number of nitrogen functional groups attached to an aromatic ring is 1. The summed E-state index contributed by atoms with van der Waals surface area (Å²) in [6.07, 6.45) is -4.40. The van der Waals surface area contributed by atoms with E-state index in [1.807, 2.05) is 6.07 Å². The Bertz CT molecular complexity index is 298. The van der Waals surface area contributed by atoms with Crippen molar-refractivity contribution in [3.05, 3.63) is 23.4 Å². The fourth-order valence-corrected chi connectivity index (χ4v) is 0.819. The summed E-state index contributed by atoms with van der Waals surface area (Å²) in [5.41, 5.74) is 4.15. The number of hydrogen-bond acceptors (Lipinski definition) is 2. The van der Waals surface area contributed by atoms with Gasteiger partial charge in [-0.25, -0.2) is 0 Å². The minimum Gasteiger partial charge on any atom is -0.435 e. The molecule has 0 atom stereocenters. The summed E-state index contributed by atoms with van der Waals surface area (Å²) in [6, 6.07) is 3.04. The first-order valence-corrected chi connectivity index (χ1v) is 3.13. The minimum atomic E-state index is -4.40. The van der Waals surface area contributed by atoms with Gasteiger partial charge in [0.1, 0.15) is 0 Å². The largest absolute Gasteiger partial charge is 1.00 e. The molecule has 0 saturated carbocycles. The molecule has 2 N–H and O–H groups in total. The van der Waals surface area contributed by atoms with Crippen LogP contribution in [0, 0.1) is 13.0 Å². The third-order valence-electron chi connectivity index (χ3n) is 1.31. The molecule has 0 bridgehead atoms. The zero-order chi connectivity index (χ0) is 9.35. The van der Waals surface area contributed by atoms with Crippen LogP contribution < -0.4 is 57.1 Å². The van der Waals surface area contributed by atoms with Crippen molar-refractivity contribution in [2.75, 3.05) is 5.73 Å². The third-order valence-corrected chi connectivity index (χ3v) is 1.31. The monoisotopic (exact) mass is 214 g/mol. The molecule has 1 rings (SSSR count). The number of halogens is 3. The van der Waals surface area contributed by atoms with E-state index >= 15 is 0 Å². The second-order valence-corrected chi connectivity index (χ2v) is 2.28. The summed E-state index contributed by atoms with van der Waals surface area (Å²) in [5.74, 6) is 0.0421. The number of rotatable bonds is 0. The van der Waals surface area contributed by atoms with Crippen LogP contribution in [0.2, 0.25) is 0 Å². The molecule has 1 aromatic heterocycles. The summed E-state index contributed by atoms with van der Waals surface area (Å²) in [6.45, 7) is 1.25. The van der Waals surface area contributed by atoms with Crippen molar-refractivity contribution >= 4 is 5.82 Å². The number of aromatic nitrogens is 1. The van der Waals surface area contributed by atoms with Gasteiger partial charge in [0.05, 0.1) is 0 Å². The van der Waals surface area contributed by atoms with Gasteiger partial charge in [-0.05, 0) is 5.56 Å². The number of hydrogen-bond donors (Lipinski definition) is 1. The molecule has 2 nitrogen and oxygen atoms in total. The summed E-state index contributed by atoms with van der Waals surface area (Å²) in [7, 11) is 0. The van der Waals surface area contributed by atoms with Crippen LogP contribution in [0.3, 0.4) is 0 Å². The number of nitrogens with two attached hydrogens (primary N) is 1. The first-order valence-electron chi connectivity index (χ1n) is 3.13. The van der Waals surface area contributed by atoms with Crippen LogP contribution in [0.1, 0.15) is 11.3 Å². The average Bonchev–Trinajstić information content (AvgIpc) is 1.83. The standard InChI is InChI=1S/C7H6F3N2.K/c1-4-5(7(8,9)10)2-3-6(11)12-4;/h3H,1H3,(H2,11,12);/q-1;+1. The van der Waals surface area contributed by atoms with Crippen LogP contribution in [0.4, 0.5) is 19.0 Å². The zero-order valence-electron chi connectivity index (χ0n) is 7.24. The summed E-state index contributed by atoms with van der Waals surface area (Å²) in [4.78, 5) is 3.47. The van der Waals surface area contributed by atoms with Crippen molar-refractivity contribution in [3.63, 3.8) is 0 Å². The van der Waals surface area contributed by atoms with Crippen LogP contribution in [0.25, 0.3) is 0 Å². The van der Waals surface area contributed by atoms with Crippen molar-refractivity contribution in [2.24, 2.45) is 0 Å². The maximum atomic E-state index is 12.1. The van der Waals surface area contributed by atoms with Gasteiger partial charge in [0, 0.05) is 5.82 Å². The van der Waals surface area contributed by atoms with Gasteiger partial charge in [-0.15, -0.1) is 6.07 Å². The molecule has 6 heteroatoms. The number of aryl methyl sites for hydroxylation is 1. The second kappa shape index (κ2) is 4.74. The van der Waals surface area contributed by atoms with Crippen LogP contribution >= 0.6 is 0 Å². The van der Waals surface area contributed by atoms with Crippen molar-refractivity contribution in [1.29, 1.82) is 0 Å². The molecule has 0 aliphatic rings. The predicted octanol–water partition coefficient (Wildman–Crippen LogP) is -1.20. The molecule has 66 valence electrons. The fraction of sp³-hybridized carbons (Fsp3) is 0.286. The van der Waals surface area contributed by atoms with E-state index in [0.717, 1.165) is 6.07 Å². The first kappa shape index (κ1) is 13.4. The Labute approximate surface area is 116 Å². The van der Waals surface area contributed by atoms with E-state index in [1.165, 1.54) is 6.92 Å². The van der Waals surface area contributed by atoms with Gasteiger partial charge in [0.25, 0.3) is 0 Å². The van der Waals surface area contributed by atoms with Gasteiger partial charge in [-0.3, -0.25) is 0 Å². The number of anilines is 1. The normalized spacial score (nSPS) is 10.8. The molecule has 0 aliphatic carbocycles. The summed E-state index contributed by atoms with van der Waals surface area (Å²) in [5, 5.41) is 0. The van der Waals surface area contributed by atoms with Gasteiger partial charge >= 0.3 is 57.6 Å². The van der Waals surface area contributed by atoms with E-state index in [-0.39, 0.29) is 62.9 Å². The Balaban J connectivity index is 0.00000144. The van der Waals surface area contributed by atoms with Crippen LogP contribution in [0.5, 0.6) is 0 Å². The minimum absolute atomic E-state index is 0. The molecule has 0 unspecified atom stereocenters. The van der Waals surface area contributed by atoms with Gasteiger partial charge in [-0.1, -0.05) is 12.6 Å². The molecular weight excluding hydrogens is 208 g/mol. The molecule has 0 aliphatic heterocycles. The molecule has 1 aromatic rings. The molecule has 0 saturated heterocycles. The average molecular weight is 214 g/mol. The van der Waals surface area contributed by atoms with Gasteiger partial charge in [0.15, 0.2) is 0 Å². The molecule has 0 spiro atoms. The summed E-state index contributed by atoms with van der Waals surface area (Å²) >= 11 is 0. The molecular formula is C7H6F3KN2. The van der Waals surface area contributed by atoms with Crippen LogP contribution in [-0.2, 0) is 6.18 Å². The first-order chi connectivity index (χ1) is 5.41. The molecule has 0 radical (unpaired) electrons. The van der Waals surface area contributed by atoms with E-state index in [0.29, 0.717) is 0 Å². The Hall–Kier alpha value is 0.376. The van der Waals surface area contributed by atoms with Gasteiger partial charge in [0.2, 0.25) is 0 Å². The zero-order valence-corrected chi connectivity index (χ0v) is 10.4. The van der Waals surface area contributed by atoms with Gasteiger partial charge < -0.3 is 10.7 Å². The second-order valence-electron chi connectivity index (χ2n) is 2.28. The van der Waals surface area contributed by atoms with Gasteiger partial charge in [-0.2, -0.15) is 19.2 Å². The number of nitrogens with zero attached hydrogens (tertiary/aromatic N) is 1. The van der Waals surface area contributed by atoms with E-state index < -0.39 is 11.7 Å². The van der Waals surface area contributed by atoms with Crippen molar-refractivity contribution in [1.82, 2.24) is 4.98 Å². The van der Waals surface area contributed by atoms with Crippen LogP contribution in [-0.4, -0.2) is 4.98 Å². The molecule has 1 heterocycles. The number of alkyl halides is 3. The third kappa shape index (κ3) is 3.55. The van der Waals surface area contributed by atoms with E-state index in [2.05, 4.69) is 4.98 Å². The van der Waals surface area contributed by atoms with E-state index in [1.54, 1.807) is 0 Å². The fourth-order valence-electron chi connectivity index (χ4n) is 0.819. The quantitative estimate of drug-likeness (QED) is 0.435. The predicted molar refractivity (Wildman–Crippen MR) is 37.2 cm³/mol. The molecule has 0 amide bonds. The van der Waals surface area contributed by atoms with E-state index in [9.17, 15) is 13.2 Å². The van der Waals surface area contributed by atoms with E-state index in [4.69, 9.17) is 5.73 Å². The maximum absolute atomic E-state index is 12.1. The SMILES string of the molecule is Cc1nc(N)c[c-]c1C(F)(F)F.[K+]. The maximum Gasteiger partial charge on any atom is 1.00 e. The Morgan fingerprint density at radius 3 is 2.38 bits per heavy atom. The number of pyridine rings is 1. The Kier molecular flexibility index (Phi) is 4.88. The van der Waals surface area contributed by atoms with Crippen molar-refractivity contribution in [3.8, 4) is 0 Å². The Morgan fingerprint density at radius 2 is 2.00 bits per heavy atom. The van der Waals surface area contributed by atoms with Crippen molar-refractivity contribution in [2.45, 2.75) is 13.1 Å².